The first kappa shape index (κ1) is 25.0. The SMILES string of the molecule is CCOC(=O)c1c(NC(=O)COc2ccc(OCC)cc2)sc2c1CCN(CC)C2.Cl. The van der Waals surface area contributed by atoms with Gasteiger partial charge in [0.1, 0.15) is 16.5 Å². The molecule has 1 aliphatic heterocycles. The van der Waals surface area contributed by atoms with E-state index < -0.39 is 0 Å². The Hall–Kier alpha value is -2.29. The number of anilines is 1. The number of benzene rings is 1. The molecule has 170 valence electrons. The third kappa shape index (κ3) is 6.35. The molecule has 2 aromatic rings. The predicted octanol–water partition coefficient (Wildman–Crippen LogP) is 4.14. The molecule has 7 nitrogen and oxygen atoms in total. The molecule has 0 saturated heterocycles. The van der Waals surface area contributed by atoms with Crippen molar-refractivity contribution in [3.8, 4) is 11.5 Å². The summed E-state index contributed by atoms with van der Waals surface area (Å²) >= 11 is 1.45. The first-order chi connectivity index (χ1) is 14.5. The Bertz CT molecular complexity index is 885. The number of fused-ring (bicyclic) bond motifs is 1. The maximum Gasteiger partial charge on any atom is 0.341 e. The lowest BCUT2D eigenvalue weighted by atomic mass is 10.0. The van der Waals surface area contributed by atoms with Gasteiger partial charge in [0.05, 0.1) is 18.8 Å². The number of nitrogens with one attached hydrogen (secondary N) is 1. The first-order valence-corrected chi connectivity index (χ1v) is 11.1. The van der Waals surface area contributed by atoms with E-state index >= 15 is 0 Å². The van der Waals surface area contributed by atoms with Crippen LogP contribution in [-0.4, -0.2) is 49.7 Å². The summed E-state index contributed by atoms with van der Waals surface area (Å²) in [7, 11) is 0. The number of halogens is 1. The number of carbonyl (C=O) groups excluding carboxylic acids is 2. The number of amides is 1. The highest BCUT2D eigenvalue weighted by molar-refractivity contribution is 7.17. The van der Waals surface area contributed by atoms with Gasteiger partial charge in [0.15, 0.2) is 6.61 Å². The van der Waals surface area contributed by atoms with Gasteiger partial charge in [-0.25, -0.2) is 4.79 Å². The van der Waals surface area contributed by atoms with E-state index in [0.717, 1.165) is 42.2 Å². The lowest BCUT2D eigenvalue weighted by Gasteiger charge is -2.25. The fourth-order valence-electron chi connectivity index (χ4n) is 3.34. The van der Waals surface area contributed by atoms with Gasteiger partial charge in [0.25, 0.3) is 5.91 Å². The lowest BCUT2D eigenvalue weighted by molar-refractivity contribution is -0.118. The number of hydrogen-bond donors (Lipinski definition) is 1. The van der Waals surface area contributed by atoms with E-state index in [2.05, 4.69) is 17.1 Å². The van der Waals surface area contributed by atoms with Crippen LogP contribution < -0.4 is 14.8 Å². The van der Waals surface area contributed by atoms with Gasteiger partial charge >= 0.3 is 5.97 Å². The lowest BCUT2D eigenvalue weighted by Crippen LogP contribution is -2.30. The van der Waals surface area contributed by atoms with Crippen molar-refractivity contribution in [3.05, 3.63) is 40.3 Å². The molecule has 9 heteroatoms. The van der Waals surface area contributed by atoms with E-state index in [1.165, 1.54) is 11.3 Å². The molecule has 31 heavy (non-hydrogen) atoms. The van der Waals surface area contributed by atoms with Crippen LogP contribution in [-0.2, 0) is 22.5 Å². The maximum atomic E-state index is 12.6. The highest BCUT2D eigenvalue weighted by atomic mass is 35.5. The summed E-state index contributed by atoms with van der Waals surface area (Å²) in [6.45, 7) is 9.16. The second-order valence-corrected chi connectivity index (χ2v) is 7.89. The normalized spacial score (nSPS) is 13.0. The second kappa shape index (κ2) is 11.9. The van der Waals surface area contributed by atoms with Crippen LogP contribution in [0.5, 0.6) is 11.5 Å². The highest BCUT2D eigenvalue weighted by Gasteiger charge is 2.29. The fraction of sp³-hybridized carbons (Fsp3) is 0.455. The number of likely N-dealkylation sites (N-methyl/N-ethyl adjacent to an activating group) is 1. The molecule has 0 saturated carbocycles. The predicted molar refractivity (Wildman–Crippen MR) is 124 cm³/mol. The molecule has 2 heterocycles. The minimum absolute atomic E-state index is 0. The number of hydrogen-bond acceptors (Lipinski definition) is 7. The van der Waals surface area contributed by atoms with Crippen molar-refractivity contribution in [2.45, 2.75) is 33.7 Å². The van der Waals surface area contributed by atoms with Crippen molar-refractivity contribution in [1.29, 1.82) is 0 Å². The van der Waals surface area contributed by atoms with E-state index in [9.17, 15) is 9.59 Å². The van der Waals surface area contributed by atoms with Crippen molar-refractivity contribution in [1.82, 2.24) is 4.90 Å². The molecule has 1 aromatic heterocycles. The molecule has 0 fully saturated rings. The molecule has 1 aromatic carbocycles. The Labute approximate surface area is 193 Å². The van der Waals surface area contributed by atoms with Crippen LogP contribution in [0.2, 0.25) is 0 Å². The van der Waals surface area contributed by atoms with Gasteiger partial charge in [-0.3, -0.25) is 9.69 Å². The van der Waals surface area contributed by atoms with Gasteiger partial charge in [-0.05, 0) is 56.6 Å². The van der Waals surface area contributed by atoms with Crippen molar-refractivity contribution in [2.24, 2.45) is 0 Å². The van der Waals surface area contributed by atoms with E-state index in [4.69, 9.17) is 14.2 Å². The summed E-state index contributed by atoms with van der Waals surface area (Å²) in [4.78, 5) is 28.5. The third-order valence-electron chi connectivity index (χ3n) is 4.82. The third-order valence-corrected chi connectivity index (χ3v) is 5.95. The molecular formula is C22H29ClN2O5S. The van der Waals surface area contributed by atoms with Crippen LogP contribution >= 0.6 is 23.7 Å². The molecule has 0 bridgehead atoms. The number of carbonyl (C=O) groups is 2. The molecular weight excluding hydrogens is 440 g/mol. The van der Waals surface area contributed by atoms with Crippen LogP contribution in [0.1, 0.15) is 41.6 Å². The van der Waals surface area contributed by atoms with Crippen molar-refractivity contribution >= 4 is 40.6 Å². The Morgan fingerprint density at radius 1 is 1.06 bits per heavy atom. The number of rotatable bonds is 9. The smallest absolute Gasteiger partial charge is 0.341 e. The molecule has 0 unspecified atom stereocenters. The van der Waals surface area contributed by atoms with Gasteiger partial charge in [-0.15, -0.1) is 23.7 Å². The quantitative estimate of drug-likeness (QED) is 0.557. The summed E-state index contributed by atoms with van der Waals surface area (Å²) in [6.07, 6.45) is 0.770. The molecule has 0 atom stereocenters. The molecule has 1 aliphatic rings. The molecule has 0 radical (unpaired) electrons. The first-order valence-electron chi connectivity index (χ1n) is 10.2. The van der Waals surface area contributed by atoms with Gasteiger partial charge in [0.2, 0.25) is 0 Å². The fourth-order valence-corrected chi connectivity index (χ4v) is 4.64. The Morgan fingerprint density at radius 3 is 2.35 bits per heavy atom. The zero-order chi connectivity index (χ0) is 21.5. The zero-order valence-corrected chi connectivity index (χ0v) is 19.7. The molecule has 0 aliphatic carbocycles. The number of thiophene rings is 1. The Morgan fingerprint density at radius 2 is 1.74 bits per heavy atom. The van der Waals surface area contributed by atoms with Gasteiger partial charge in [-0.1, -0.05) is 6.92 Å². The molecule has 0 spiro atoms. The van der Waals surface area contributed by atoms with Gasteiger partial charge < -0.3 is 19.5 Å². The standard InChI is InChI=1S/C22H28N2O5S.ClH/c1-4-24-12-11-17-18(13-24)30-21(20(17)22(26)28-6-3)23-19(25)14-29-16-9-7-15(8-10-16)27-5-2;/h7-10H,4-6,11-14H2,1-3H3,(H,23,25);1H. The van der Waals surface area contributed by atoms with E-state index in [-0.39, 0.29) is 30.9 Å². The summed E-state index contributed by atoms with van der Waals surface area (Å²) in [6, 6.07) is 7.10. The molecule has 3 rings (SSSR count). The number of esters is 1. The van der Waals surface area contributed by atoms with Crippen molar-refractivity contribution < 1.29 is 23.8 Å². The van der Waals surface area contributed by atoms with Crippen LogP contribution in [0.3, 0.4) is 0 Å². The van der Waals surface area contributed by atoms with Crippen LogP contribution in [0.25, 0.3) is 0 Å². The van der Waals surface area contributed by atoms with E-state index in [1.807, 2.05) is 6.92 Å². The average Bonchev–Trinajstić information content (AvgIpc) is 3.10. The van der Waals surface area contributed by atoms with Crippen LogP contribution in [0, 0.1) is 0 Å². The van der Waals surface area contributed by atoms with Crippen molar-refractivity contribution in [3.63, 3.8) is 0 Å². The Kier molecular flexibility index (Phi) is 9.61. The summed E-state index contributed by atoms with van der Waals surface area (Å²) in [5, 5.41) is 3.39. The average molecular weight is 469 g/mol. The van der Waals surface area contributed by atoms with Crippen LogP contribution in [0.15, 0.2) is 24.3 Å². The summed E-state index contributed by atoms with van der Waals surface area (Å²) < 4.78 is 16.2. The largest absolute Gasteiger partial charge is 0.494 e. The van der Waals surface area contributed by atoms with E-state index in [1.54, 1.807) is 31.2 Å². The maximum absolute atomic E-state index is 12.6. The van der Waals surface area contributed by atoms with E-state index in [0.29, 0.717) is 29.5 Å². The number of ether oxygens (including phenoxy) is 3. The minimum Gasteiger partial charge on any atom is -0.494 e. The Balaban J connectivity index is 0.00000341. The zero-order valence-electron chi connectivity index (χ0n) is 18.1. The highest BCUT2D eigenvalue weighted by Crippen LogP contribution is 2.37. The second-order valence-electron chi connectivity index (χ2n) is 6.79. The summed E-state index contributed by atoms with van der Waals surface area (Å²) in [5.41, 5.74) is 1.48. The van der Waals surface area contributed by atoms with Crippen LogP contribution in [0.4, 0.5) is 5.00 Å². The summed E-state index contributed by atoms with van der Waals surface area (Å²) in [5.74, 6) is 0.616. The van der Waals surface area contributed by atoms with Gasteiger partial charge in [-0.2, -0.15) is 0 Å². The molecule has 1 amide bonds. The van der Waals surface area contributed by atoms with Crippen molar-refractivity contribution in [2.75, 3.05) is 38.2 Å². The topological polar surface area (TPSA) is 77.1 Å². The number of nitrogens with zero attached hydrogens (tertiary/aromatic N) is 1. The monoisotopic (exact) mass is 468 g/mol. The molecule has 1 N–H and O–H groups in total. The van der Waals surface area contributed by atoms with Gasteiger partial charge in [0, 0.05) is 18.0 Å². The minimum atomic E-state index is -0.386.